The lowest BCUT2D eigenvalue weighted by molar-refractivity contribution is 0.0792. The van der Waals surface area contributed by atoms with Crippen LogP contribution < -0.4 is 14.8 Å². The van der Waals surface area contributed by atoms with E-state index in [1.807, 2.05) is 25.1 Å². The Morgan fingerprint density at radius 1 is 1.26 bits per heavy atom. The molecule has 1 N–H and O–H groups in total. The maximum Gasteiger partial charge on any atom is 0.291 e. The highest BCUT2D eigenvalue weighted by atomic mass is 16.5. The summed E-state index contributed by atoms with van der Waals surface area (Å²) < 4.78 is 23.2. The van der Waals surface area contributed by atoms with Crippen molar-refractivity contribution in [2.45, 2.75) is 20.3 Å². The molecule has 0 atom stereocenters. The monoisotopic (exact) mass is 371 g/mol. The Bertz CT molecular complexity index is 887. The molecule has 0 aliphatic rings. The van der Waals surface area contributed by atoms with E-state index in [1.54, 1.807) is 42.4 Å². The first-order valence-corrected chi connectivity index (χ1v) is 8.45. The van der Waals surface area contributed by atoms with Gasteiger partial charge < -0.3 is 23.9 Å². The van der Waals surface area contributed by atoms with Crippen LogP contribution in [0.25, 0.3) is 0 Å². The zero-order valence-electron chi connectivity index (χ0n) is 15.2. The summed E-state index contributed by atoms with van der Waals surface area (Å²) in [6, 6.07) is 10.6. The lowest BCUT2D eigenvalue weighted by Gasteiger charge is -2.06. The Morgan fingerprint density at radius 3 is 2.93 bits per heavy atom. The van der Waals surface area contributed by atoms with Gasteiger partial charge >= 0.3 is 0 Å². The summed E-state index contributed by atoms with van der Waals surface area (Å²) in [4.78, 5) is 12.3. The van der Waals surface area contributed by atoms with Gasteiger partial charge in [-0.05, 0) is 31.2 Å². The number of nitrogens with one attached hydrogen (secondary N) is 1. The van der Waals surface area contributed by atoms with E-state index >= 15 is 0 Å². The lowest BCUT2D eigenvalue weighted by Crippen LogP contribution is -2.10. The van der Waals surface area contributed by atoms with Gasteiger partial charge in [0.15, 0.2) is 5.76 Å². The van der Waals surface area contributed by atoms with Crippen molar-refractivity contribution in [2.24, 2.45) is 0 Å². The topological polar surface area (TPSA) is 87.8 Å². The number of nitrogens with zero attached hydrogens (tertiary/aromatic N) is 2. The van der Waals surface area contributed by atoms with Crippen molar-refractivity contribution in [3.63, 3.8) is 0 Å². The summed E-state index contributed by atoms with van der Waals surface area (Å²) in [5.41, 5.74) is 0.560. The number of carbonyl (C=O) groups excluding carboxylic acids is 1. The molecule has 0 saturated carbocycles. The van der Waals surface area contributed by atoms with Crippen LogP contribution in [-0.2, 0) is 18.1 Å². The van der Waals surface area contributed by atoms with E-state index in [9.17, 15) is 4.79 Å². The normalized spacial score (nSPS) is 10.6. The summed E-state index contributed by atoms with van der Waals surface area (Å²) in [6.45, 7) is 3.03. The average molecular weight is 371 g/mol. The van der Waals surface area contributed by atoms with Gasteiger partial charge in [0.05, 0.1) is 25.2 Å². The van der Waals surface area contributed by atoms with E-state index in [0.29, 0.717) is 36.3 Å². The van der Waals surface area contributed by atoms with Crippen molar-refractivity contribution in [2.75, 3.05) is 19.0 Å². The van der Waals surface area contributed by atoms with Crippen LogP contribution in [0.4, 0.5) is 5.69 Å². The minimum atomic E-state index is -0.362. The van der Waals surface area contributed by atoms with Gasteiger partial charge in [-0.15, -0.1) is 0 Å². The molecular formula is C19H21N3O5. The number of benzene rings is 1. The van der Waals surface area contributed by atoms with Gasteiger partial charge in [-0.3, -0.25) is 4.79 Å². The molecule has 2 heterocycles. The van der Waals surface area contributed by atoms with Gasteiger partial charge in [0.25, 0.3) is 5.91 Å². The van der Waals surface area contributed by atoms with Crippen molar-refractivity contribution in [3.05, 3.63) is 60.3 Å². The molecule has 142 valence electrons. The molecule has 0 spiro atoms. The second-order valence-electron chi connectivity index (χ2n) is 5.58. The maximum absolute atomic E-state index is 12.3. The zero-order valence-corrected chi connectivity index (χ0v) is 15.2. The van der Waals surface area contributed by atoms with Crippen molar-refractivity contribution in [3.8, 4) is 11.5 Å². The molecule has 0 aliphatic heterocycles. The van der Waals surface area contributed by atoms with Gasteiger partial charge in [-0.1, -0.05) is 6.07 Å². The van der Waals surface area contributed by atoms with Gasteiger partial charge in [0.1, 0.15) is 30.6 Å². The standard InChI is InChI=1S/C19H21N3O5/c1-3-25-13-22-11-14(10-20-22)21-19(23)18-8-7-17(27-18)12-26-16-6-4-5-15(9-16)24-2/h4-11H,3,12-13H2,1-2H3,(H,21,23). The van der Waals surface area contributed by atoms with Crippen LogP contribution >= 0.6 is 0 Å². The van der Waals surface area contributed by atoms with Crippen LogP contribution in [0.15, 0.2) is 53.2 Å². The maximum atomic E-state index is 12.3. The number of carbonyl (C=O) groups is 1. The van der Waals surface area contributed by atoms with Crippen LogP contribution in [0.3, 0.4) is 0 Å². The largest absolute Gasteiger partial charge is 0.497 e. The summed E-state index contributed by atoms with van der Waals surface area (Å²) in [5.74, 6) is 1.72. The first-order chi connectivity index (χ1) is 13.2. The van der Waals surface area contributed by atoms with Crippen LogP contribution in [-0.4, -0.2) is 29.4 Å². The summed E-state index contributed by atoms with van der Waals surface area (Å²) in [6.07, 6.45) is 3.23. The average Bonchev–Trinajstić information content (AvgIpc) is 3.34. The molecule has 27 heavy (non-hydrogen) atoms. The first-order valence-electron chi connectivity index (χ1n) is 8.45. The molecule has 0 fully saturated rings. The number of ether oxygens (including phenoxy) is 3. The molecular weight excluding hydrogens is 350 g/mol. The second-order valence-corrected chi connectivity index (χ2v) is 5.58. The minimum absolute atomic E-state index is 0.191. The van der Waals surface area contributed by atoms with Crippen molar-refractivity contribution in [1.82, 2.24) is 9.78 Å². The van der Waals surface area contributed by atoms with Crippen molar-refractivity contribution in [1.29, 1.82) is 0 Å². The van der Waals surface area contributed by atoms with E-state index < -0.39 is 0 Å². The number of furan rings is 1. The number of rotatable bonds is 9. The predicted octanol–water partition coefficient (Wildman–Crippen LogP) is 3.31. The van der Waals surface area contributed by atoms with Gasteiger partial charge in [-0.25, -0.2) is 4.68 Å². The van der Waals surface area contributed by atoms with Gasteiger partial charge in [0.2, 0.25) is 0 Å². The number of aromatic nitrogens is 2. The molecule has 0 radical (unpaired) electrons. The number of methoxy groups -OCH3 is 1. The summed E-state index contributed by atoms with van der Waals surface area (Å²) >= 11 is 0. The number of hydrogen-bond acceptors (Lipinski definition) is 6. The minimum Gasteiger partial charge on any atom is -0.497 e. The molecule has 1 amide bonds. The molecule has 8 heteroatoms. The highest BCUT2D eigenvalue weighted by Gasteiger charge is 2.13. The summed E-state index contributed by atoms with van der Waals surface area (Å²) in [7, 11) is 1.59. The van der Waals surface area contributed by atoms with Crippen LogP contribution in [0.1, 0.15) is 23.2 Å². The molecule has 0 bridgehead atoms. The molecule has 3 rings (SSSR count). The van der Waals surface area contributed by atoms with E-state index in [4.69, 9.17) is 18.6 Å². The number of hydrogen-bond donors (Lipinski definition) is 1. The lowest BCUT2D eigenvalue weighted by atomic mass is 10.3. The number of anilines is 1. The third kappa shape index (κ3) is 5.11. The Labute approximate surface area is 156 Å². The molecule has 1 aromatic carbocycles. The molecule has 2 aromatic heterocycles. The van der Waals surface area contributed by atoms with E-state index in [0.717, 1.165) is 0 Å². The predicted molar refractivity (Wildman–Crippen MR) is 97.8 cm³/mol. The Balaban J connectivity index is 1.54. The molecule has 3 aromatic rings. The van der Waals surface area contributed by atoms with E-state index in [1.165, 1.54) is 0 Å². The Morgan fingerprint density at radius 2 is 2.11 bits per heavy atom. The Hall–Kier alpha value is -3.26. The Kier molecular flexibility index (Phi) is 6.11. The quantitative estimate of drug-likeness (QED) is 0.621. The fourth-order valence-electron chi connectivity index (χ4n) is 2.30. The third-order valence-corrected chi connectivity index (χ3v) is 3.63. The third-order valence-electron chi connectivity index (χ3n) is 3.63. The van der Waals surface area contributed by atoms with Crippen molar-refractivity contribution >= 4 is 11.6 Å². The van der Waals surface area contributed by atoms with E-state index in [2.05, 4.69) is 10.4 Å². The van der Waals surface area contributed by atoms with E-state index in [-0.39, 0.29) is 18.3 Å². The molecule has 0 saturated heterocycles. The van der Waals surface area contributed by atoms with Crippen LogP contribution in [0.5, 0.6) is 11.5 Å². The van der Waals surface area contributed by atoms with Gasteiger partial charge in [-0.2, -0.15) is 5.10 Å². The SMILES string of the molecule is CCOCn1cc(NC(=O)c2ccc(COc3cccc(OC)c3)o2)cn1. The molecule has 0 unspecified atom stereocenters. The highest BCUT2D eigenvalue weighted by Crippen LogP contribution is 2.20. The molecule has 0 aliphatic carbocycles. The van der Waals surface area contributed by atoms with Gasteiger partial charge in [0, 0.05) is 12.7 Å². The fourth-order valence-corrected chi connectivity index (χ4v) is 2.30. The number of amides is 1. The smallest absolute Gasteiger partial charge is 0.291 e. The second kappa shape index (κ2) is 8.91. The zero-order chi connectivity index (χ0) is 19.1. The van der Waals surface area contributed by atoms with Crippen LogP contribution in [0.2, 0.25) is 0 Å². The van der Waals surface area contributed by atoms with Crippen molar-refractivity contribution < 1.29 is 23.4 Å². The first kappa shape index (κ1) is 18.5. The summed E-state index contributed by atoms with van der Waals surface area (Å²) in [5, 5.41) is 6.83. The fraction of sp³-hybridized carbons (Fsp3) is 0.263. The van der Waals surface area contributed by atoms with Crippen LogP contribution in [0, 0.1) is 0 Å². The highest BCUT2D eigenvalue weighted by molar-refractivity contribution is 6.02. The molecule has 8 nitrogen and oxygen atoms in total.